The van der Waals surface area contributed by atoms with Gasteiger partial charge < -0.3 is 10.2 Å². The first-order chi connectivity index (χ1) is 18.2. The first-order valence-corrected chi connectivity index (χ1v) is 14.4. The Kier molecular flexibility index (Phi) is 11.5. The third-order valence-corrected chi connectivity index (χ3v) is 8.27. The minimum absolute atomic E-state index is 0.0164. The molecule has 2 unspecified atom stereocenters. The molecule has 0 bridgehead atoms. The molecule has 2 amide bonds. The van der Waals surface area contributed by atoms with Crippen molar-refractivity contribution in [2.24, 2.45) is 17.8 Å². The molecule has 8 nitrogen and oxygen atoms in total. The maximum Gasteiger partial charge on any atom is 0.229 e. The average Bonchev–Trinajstić information content (AvgIpc) is 2.94. The molecule has 0 radical (unpaired) electrons. The van der Waals surface area contributed by atoms with Gasteiger partial charge in [-0.05, 0) is 82.8 Å². The van der Waals surface area contributed by atoms with Gasteiger partial charge in [0.2, 0.25) is 11.8 Å². The van der Waals surface area contributed by atoms with Crippen LogP contribution < -0.4 is 15.5 Å². The molecule has 8 heteroatoms. The second-order valence-corrected chi connectivity index (χ2v) is 11.1. The van der Waals surface area contributed by atoms with Crippen LogP contribution in [0.3, 0.4) is 0 Å². The molecule has 0 saturated carbocycles. The number of piperidine rings is 2. The molecule has 0 aromatic heterocycles. The van der Waals surface area contributed by atoms with E-state index in [-0.39, 0.29) is 35.2 Å². The standard InChI is InChI=1S/C24H37N3O2.C6H9NO2/c1-4-18(2)24(29)23-17-21(5-6-22(23)19(3)28)27-15-13-26(14-16-27)12-9-20-7-10-25-11-8-20;1-4-2-3-5(8)7-6(4)9/h5-6,17-18,20,25H,4,7-16H2,1-3H3;4H,2-3H2,1H3,(H,7,8,9). The molecule has 1 aromatic rings. The van der Waals surface area contributed by atoms with E-state index >= 15 is 0 Å². The van der Waals surface area contributed by atoms with Crippen LogP contribution in [0.4, 0.5) is 5.69 Å². The van der Waals surface area contributed by atoms with E-state index in [1.807, 2.05) is 39.0 Å². The molecule has 4 rings (SSSR count). The third-order valence-electron chi connectivity index (χ3n) is 8.27. The predicted molar refractivity (Wildman–Crippen MR) is 151 cm³/mol. The Balaban J connectivity index is 0.000000375. The van der Waals surface area contributed by atoms with E-state index in [2.05, 4.69) is 20.4 Å². The highest BCUT2D eigenvalue weighted by Crippen LogP contribution is 2.25. The Bertz CT molecular complexity index is 980. The fourth-order valence-electron chi connectivity index (χ4n) is 5.26. The maximum atomic E-state index is 12.8. The van der Waals surface area contributed by atoms with Crippen molar-refractivity contribution in [3.63, 3.8) is 0 Å². The van der Waals surface area contributed by atoms with Crippen LogP contribution in [0.1, 0.15) is 86.9 Å². The number of hydrogen-bond acceptors (Lipinski definition) is 7. The number of hydrogen-bond donors (Lipinski definition) is 2. The van der Waals surface area contributed by atoms with Gasteiger partial charge in [0.25, 0.3) is 0 Å². The van der Waals surface area contributed by atoms with E-state index in [9.17, 15) is 19.2 Å². The summed E-state index contributed by atoms with van der Waals surface area (Å²) in [6.07, 6.45) is 5.92. The van der Waals surface area contributed by atoms with Crippen LogP contribution in [0.15, 0.2) is 18.2 Å². The van der Waals surface area contributed by atoms with Crippen molar-refractivity contribution in [2.45, 2.75) is 66.2 Å². The molecule has 0 spiro atoms. The van der Waals surface area contributed by atoms with E-state index in [4.69, 9.17) is 0 Å². The number of piperazine rings is 1. The van der Waals surface area contributed by atoms with Crippen molar-refractivity contribution >= 4 is 29.1 Å². The van der Waals surface area contributed by atoms with E-state index in [1.165, 1.54) is 38.9 Å². The smallest absolute Gasteiger partial charge is 0.229 e. The Morgan fingerprint density at radius 1 is 1.03 bits per heavy atom. The van der Waals surface area contributed by atoms with Gasteiger partial charge in [-0.3, -0.25) is 29.4 Å². The zero-order valence-electron chi connectivity index (χ0n) is 23.7. The fourth-order valence-corrected chi connectivity index (χ4v) is 5.26. The second kappa shape index (κ2) is 14.5. The van der Waals surface area contributed by atoms with Crippen molar-refractivity contribution in [3.05, 3.63) is 29.3 Å². The van der Waals surface area contributed by atoms with E-state index in [0.717, 1.165) is 44.2 Å². The molecule has 3 heterocycles. The van der Waals surface area contributed by atoms with Gasteiger partial charge in [-0.2, -0.15) is 0 Å². The lowest BCUT2D eigenvalue weighted by Gasteiger charge is -2.37. The van der Waals surface area contributed by atoms with Gasteiger partial charge in [0.15, 0.2) is 11.6 Å². The Morgan fingerprint density at radius 3 is 2.29 bits per heavy atom. The van der Waals surface area contributed by atoms with Crippen molar-refractivity contribution in [2.75, 3.05) is 50.7 Å². The minimum atomic E-state index is -0.141. The Morgan fingerprint density at radius 2 is 1.71 bits per heavy atom. The molecule has 1 aromatic carbocycles. The summed E-state index contributed by atoms with van der Waals surface area (Å²) in [5.74, 6) is 0.607. The van der Waals surface area contributed by atoms with Crippen LogP contribution in [0.2, 0.25) is 0 Å². The normalized spacial score (nSPS) is 21.8. The molecule has 2 atom stereocenters. The molecule has 2 N–H and O–H groups in total. The van der Waals surface area contributed by atoms with Crippen LogP contribution in [0.25, 0.3) is 0 Å². The number of nitrogens with one attached hydrogen (secondary N) is 2. The molecule has 3 aliphatic rings. The van der Waals surface area contributed by atoms with Crippen molar-refractivity contribution < 1.29 is 19.2 Å². The van der Waals surface area contributed by atoms with Gasteiger partial charge in [0.1, 0.15) is 0 Å². The number of rotatable bonds is 8. The number of amides is 2. The highest BCUT2D eigenvalue weighted by Gasteiger charge is 2.24. The maximum absolute atomic E-state index is 12.8. The molecule has 3 aliphatic heterocycles. The van der Waals surface area contributed by atoms with Crippen molar-refractivity contribution in [1.29, 1.82) is 0 Å². The summed E-state index contributed by atoms with van der Waals surface area (Å²) < 4.78 is 0. The Labute approximate surface area is 227 Å². The number of nitrogens with zero attached hydrogens (tertiary/aromatic N) is 2. The number of Topliss-reactive ketones (excluding diaryl/α,β-unsaturated/α-hetero) is 2. The molecular formula is C30H46N4O4. The number of imide groups is 1. The van der Waals surface area contributed by atoms with Crippen LogP contribution in [-0.2, 0) is 9.59 Å². The SMILES string of the molecule is CC1CCC(=O)NC1=O.CCC(C)C(=O)c1cc(N2CCN(CCC3CCNCC3)CC2)ccc1C(C)=O. The van der Waals surface area contributed by atoms with Gasteiger partial charge in [0, 0.05) is 61.2 Å². The molecule has 3 saturated heterocycles. The highest BCUT2D eigenvalue weighted by atomic mass is 16.2. The monoisotopic (exact) mass is 526 g/mol. The number of carbonyl (C=O) groups is 4. The van der Waals surface area contributed by atoms with Gasteiger partial charge in [0.05, 0.1) is 0 Å². The highest BCUT2D eigenvalue weighted by molar-refractivity contribution is 6.09. The van der Waals surface area contributed by atoms with Crippen molar-refractivity contribution in [1.82, 2.24) is 15.5 Å². The summed E-state index contributed by atoms with van der Waals surface area (Å²) >= 11 is 0. The number of benzene rings is 1. The van der Waals surface area contributed by atoms with Crippen molar-refractivity contribution in [3.8, 4) is 0 Å². The summed E-state index contributed by atoms with van der Waals surface area (Å²) in [4.78, 5) is 51.0. The van der Waals surface area contributed by atoms with E-state index in [0.29, 0.717) is 24.0 Å². The predicted octanol–water partition coefficient (Wildman–Crippen LogP) is 3.69. The lowest BCUT2D eigenvalue weighted by molar-refractivity contribution is -0.135. The Hall–Kier alpha value is -2.58. The van der Waals surface area contributed by atoms with E-state index < -0.39 is 0 Å². The quantitative estimate of drug-likeness (QED) is 0.394. The summed E-state index contributed by atoms with van der Waals surface area (Å²) in [7, 11) is 0. The minimum Gasteiger partial charge on any atom is -0.369 e. The zero-order valence-corrected chi connectivity index (χ0v) is 23.7. The molecule has 210 valence electrons. The van der Waals surface area contributed by atoms with Gasteiger partial charge >= 0.3 is 0 Å². The summed E-state index contributed by atoms with van der Waals surface area (Å²) in [6, 6.07) is 5.81. The first-order valence-electron chi connectivity index (χ1n) is 14.4. The largest absolute Gasteiger partial charge is 0.369 e. The average molecular weight is 527 g/mol. The topological polar surface area (TPSA) is 98.8 Å². The number of anilines is 1. The van der Waals surface area contributed by atoms with Crippen LogP contribution >= 0.6 is 0 Å². The van der Waals surface area contributed by atoms with Gasteiger partial charge in [-0.15, -0.1) is 0 Å². The lowest BCUT2D eigenvalue weighted by Crippen LogP contribution is -2.47. The zero-order chi connectivity index (χ0) is 27.7. The summed E-state index contributed by atoms with van der Waals surface area (Å²) in [5.41, 5.74) is 2.22. The van der Waals surface area contributed by atoms with E-state index in [1.54, 1.807) is 6.92 Å². The van der Waals surface area contributed by atoms with Crippen LogP contribution in [0.5, 0.6) is 0 Å². The van der Waals surface area contributed by atoms with Gasteiger partial charge in [-0.1, -0.05) is 20.8 Å². The molecular weight excluding hydrogens is 480 g/mol. The van der Waals surface area contributed by atoms with Crippen LogP contribution in [0, 0.1) is 17.8 Å². The first kappa shape index (κ1) is 30.0. The van der Waals surface area contributed by atoms with Crippen LogP contribution in [-0.4, -0.2) is 74.1 Å². The van der Waals surface area contributed by atoms with Gasteiger partial charge in [-0.25, -0.2) is 0 Å². The summed E-state index contributed by atoms with van der Waals surface area (Å²) in [5, 5.41) is 5.70. The molecule has 38 heavy (non-hydrogen) atoms. The fraction of sp³-hybridized carbons (Fsp3) is 0.667. The molecule has 0 aliphatic carbocycles. The lowest BCUT2D eigenvalue weighted by atomic mass is 9.91. The summed E-state index contributed by atoms with van der Waals surface area (Å²) in [6.45, 7) is 14.9. The number of carbonyl (C=O) groups excluding carboxylic acids is 4. The molecule has 3 fully saturated rings. The second-order valence-electron chi connectivity index (χ2n) is 11.1. The third kappa shape index (κ3) is 8.46. The number of ketones is 2.